The zero-order valence-corrected chi connectivity index (χ0v) is 26.6. The molecule has 0 fully saturated rings. The zero-order valence-electron chi connectivity index (χ0n) is 24.6. The van der Waals surface area contributed by atoms with Gasteiger partial charge in [-0.3, -0.25) is 0 Å². The molecule has 0 aliphatic rings. The van der Waals surface area contributed by atoms with Gasteiger partial charge in [-0.05, 0) is 72.7 Å². The quantitative estimate of drug-likeness (QED) is 0.183. The fourth-order valence-electron chi connectivity index (χ4n) is 5.12. The Bertz CT molecular complexity index is 1240. The van der Waals surface area contributed by atoms with Crippen LogP contribution in [0.1, 0.15) is 49.9 Å². The fourth-order valence-corrected chi connectivity index (χ4v) is 11.6. The Kier molecular flexibility index (Phi) is 8.26. The molecule has 0 aliphatic carbocycles. The molecule has 0 aromatic heterocycles. The van der Waals surface area contributed by atoms with Crippen molar-refractivity contribution in [3.8, 4) is 11.5 Å². The van der Waals surface area contributed by atoms with Crippen molar-refractivity contribution in [2.75, 3.05) is 0 Å². The van der Waals surface area contributed by atoms with Crippen LogP contribution in [0, 0.1) is 0 Å². The minimum atomic E-state index is -2.51. The first kappa shape index (κ1) is 28.9. The van der Waals surface area contributed by atoms with E-state index in [4.69, 9.17) is 13.0 Å². The van der Waals surface area contributed by atoms with Gasteiger partial charge in [0, 0.05) is 10.8 Å². The second kappa shape index (κ2) is 11.2. The molecular weight excluding hydrogens is 513 g/mol. The van der Waals surface area contributed by atoms with E-state index in [0.29, 0.717) is 0 Å². The fraction of sp³-hybridized carbons (Fsp3) is 0.294. The highest BCUT2D eigenvalue weighted by Crippen LogP contribution is 2.34. The van der Waals surface area contributed by atoms with Crippen molar-refractivity contribution >= 4 is 17.1 Å². The highest BCUT2D eigenvalue weighted by Gasteiger charge is 2.39. The number of hydrogen-bond donors (Lipinski definition) is 0. The van der Waals surface area contributed by atoms with Crippen LogP contribution in [-0.2, 0) is 14.9 Å². The molecule has 0 aliphatic heterocycles. The van der Waals surface area contributed by atoms with Crippen molar-refractivity contribution in [3.05, 3.63) is 131 Å². The summed E-state index contributed by atoms with van der Waals surface area (Å²) in [7, 11) is -5.02. The largest absolute Gasteiger partial charge is 0.521 e. The average molecular weight is 555 g/mol. The second-order valence-electron chi connectivity index (χ2n) is 12.1. The normalized spacial score (nSPS) is 12.7. The van der Waals surface area contributed by atoms with Crippen LogP contribution in [0.15, 0.2) is 109 Å². The van der Waals surface area contributed by atoms with Gasteiger partial charge in [0.15, 0.2) is 0 Å². The summed E-state index contributed by atoms with van der Waals surface area (Å²) in [6.45, 7) is 17.3. The maximum absolute atomic E-state index is 6.60. The van der Waals surface area contributed by atoms with E-state index in [2.05, 4.69) is 163 Å². The van der Waals surface area contributed by atoms with Gasteiger partial charge in [0.1, 0.15) is 11.5 Å². The predicted octanol–water partition coefficient (Wildman–Crippen LogP) is 9.22. The van der Waals surface area contributed by atoms with Gasteiger partial charge in [-0.1, -0.05) is 113 Å². The monoisotopic (exact) mass is 554 g/mol. The molecular formula is C34H42O3Si2. The minimum Gasteiger partial charge on any atom is -0.521 e. The number of rotatable bonds is 10. The first-order valence-electron chi connectivity index (χ1n) is 13.7. The highest BCUT2D eigenvalue weighted by molar-refractivity contribution is 6.79. The molecule has 4 aromatic carbocycles. The molecule has 0 radical (unpaired) electrons. The SMILES string of the molecule is CC(C)(c1ccccc1)c1ccc(O[Si](C)(C)O[Si](C)(C)Oc2ccc(C(C)(C)c3ccccc3)cc2)cc1. The van der Waals surface area contributed by atoms with Gasteiger partial charge < -0.3 is 13.0 Å². The maximum Gasteiger partial charge on any atom is 0.384 e. The van der Waals surface area contributed by atoms with Crippen molar-refractivity contribution in [2.24, 2.45) is 0 Å². The first-order valence-corrected chi connectivity index (χ1v) is 19.3. The summed E-state index contributed by atoms with van der Waals surface area (Å²) in [6, 6.07) is 38.0. The lowest BCUT2D eigenvalue weighted by Crippen LogP contribution is -2.52. The average Bonchev–Trinajstić information content (AvgIpc) is 2.89. The lowest BCUT2D eigenvalue weighted by atomic mass is 9.78. The van der Waals surface area contributed by atoms with Crippen LogP contribution in [0.25, 0.3) is 0 Å². The summed E-state index contributed by atoms with van der Waals surface area (Å²) >= 11 is 0. The molecule has 5 heteroatoms. The van der Waals surface area contributed by atoms with Crippen molar-refractivity contribution in [2.45, 2.75) is 64.7 Å². The van der Waals surface area contributed by atoms with Gasteiger partial charge in [0.05, 0.1) is 0 Å². The smallest absolute Gasteiger partial charge is 0.384 e. The Morgan fingerprint density at radius 1 is 0.410 bits per heavy atom. The van der Waals surface area contributed by atoms with E-state index in [0.717, 1.165) is 11.5 Å². The van der Waals surface area contributed by atoms with Gasteiger partial charge in [0.2, 0.25) is 0 Å². The molecule has 0 unspecified atom stereocenters. The summed E-state index contributed by atoms with van der Waals surface area (Å²) < 4.78 is 19.5. The molecule has 4 rings (SSSR count). The Morgan fingerprint density at radius 3 is 1.00 bits per heavy atom. The van der Waals surface area contributed by atoms with E-state index < -0.39 is 17.1 Å². The van der Waals surface area contributed by atoms with Crippen molar-refractivity contribution in [1.29, 1.82) is 0 Å². The van der Waals surface area contributed by atoms with Gasteiger partial charge in [-0.15, -0.1) is 0 Å². The van der Waals surface area contributed by atoms with Crippen LogP contribution in [0.4, 0.5) is 0 Å². The number of benzene rings is 4. The Balaban J connectivity index is 1.40. The Hall–Kier alpha value is -3.13. The molecule has 0 atom stereocenters. The Morgan fingerprint density at radius 2 is 0.692 bits per heavy atom. The molecule has 0 spiro atoms. The van der Waals surface area contributed by atoms with Crippen LogP contribution in [0.2, 0.25) is 26.2 Å². The molecule has 0 bridgehead atoms. The summed E-state index contributed by atoms with van der Waals surface area (Å²) in [5.41, 5.74) is 4.91. The Labute approximate surface area is 237 Å². The van der Waals surface area contributed by atoms with Crippen molar-refractivity contribution in [1.82, 2.24) is 0 Å². The molecule has 0 N–H and O–H groups in total. The third-order valence-corrected chi connectivity index (χ3v) is 12.7. The maximum atomic E-state index is 6.60. The summed E-state index contributed by atoms with van der Waals surface area (Å²) in [4.78, 5) is 0. The molecule has 0 saturated carbocycles. The third-order valence-electron chi connectivity index (χ3n) is 7.36. The van der Waals surface area contributed by atoms with E-state index in [1.165, 1.54) is 22.3 Å². The molecule has 4 aromatic rings. The zero-order chi connectivity index (χ0) is 28.3. The lowest BCUT2D eigenvalue weighted by Gasteiger charge is -2.33. The summed E-state index contributed by atoms with van der Waals surface area (Å²) in [5.74, 6) is 1.66. The number of hydrogen-bond acceptors (Lipinski definition) is 3. The van der Waals surface area contributed by atoms with Crippen molar-refractivity contribution in [3.63, 3.8) is 0 Å². The van der Waals surface area contributed by atoms with E-state index >= 15 is 0 Å². The molecule has 3 nitrogen and oxygen atoms in total. The van der Waals surface area contributed by atoms with Gasteiger partial charge in [-0.25, -0.2) is 0 Å². The van der Waals surface area contributed by atoms with Gasteiger partial charge in [-0.2, -0.15) is 0 Å². The highest BCUT2D eigenvalue weighted by atomic mass is 28.5. The van der Waals surface area contributed by atoms with E-state index in [-0.39, 0.29) is 10.8 Å². The van der Waals surface area contributed by atoms with Crippen molar-refractivity contribution < 1.29 is 13.0 Å². The van der Waals surface area contributed by atoms with Gasteiger partial charge in [0.25, 0.3) is 0 Å². The summed E-state index contributed by atoms with van der Waals surface area (Å²) in [5, 5.41) is 0. The van der Waals surface area contributed by atoms with Crippen LogP contribution < -0.4 is 8.85 Å². The van der Waals surface area contributed by atoms with E-state index in [9.17, 15) is 0 Å². The second-order valence-corrected chi connectivity index (χ2v) is 19.0. The minimum absolute atomic E-state index is 0.0855. The standard InChI is InChI=1S/C34H42O3Si2/c1-33(2,27-15-11-9-12-16-27)29-19-23-31(24-20-29)35-38(5,6)37-39(7,8)36-32-25-21-30(22-26-32)34(3,4)28-17-13-10-14-18-28/h9-26H,1-8H3. The molecule has 39 heavy (non-hydrogen) atoms. The topological polar surface area (TPSA) is 27.7 Å². The molecule has 0 saturated heterocycles. The van der Waals surface area contributed by atoms with Crippen LogP contribution >= 0.6 is 0 Å². The van der Waals surface area contributed by atoms with Crippen LogP contribution in [-0.4, -0.2) is 17.1 Å². The lowest BCUT2D eigenvalue weighted by molar-refractivity contribution is 0.334. The molecule has 0 amide bonds. The first-order chi connectivity index (χ1) is 18.3. The van der Waals surface area contributed by atoms with Crippen LogP contribution in [0.5, 0.6) is 11.5 Å². The summed E-state index contributed by atoms with van der Waals surface area (Å²) in [6.07, 6.45) is 0. The third kappa shape index (κ3) is 7.10. The van der Waals surface area contributed by atoms with E-state index in [1.807, 2.05) is 0 Å². The predicted molar refractivity (Wildman–Crippen MR) is 167 cm³/mol. The van der Waals surface area contributed by atoms with E-state index in [1.54, 1.807) is 0 Å². The van der Waals surface area contributed by atoms with Gasteiger partial charge >= 0.3 is 17.1 Å². The molecule has 204 valence electrons. The van der Waals surface area contributed by atoms with Crippen LogP contribution in [0.3, 0.4) is 0 Å². The molecule has 0 heterocycles.